The fourth-order valence-electron chi connectivity index (χ4n) is 2.36. The number of benzene rings is 2. The molecule has 0 aromatic heterocycles. The molecule has 0 radical (unpaired) electrons. The summed E-state index contributed by atoms with van der Waals surface area (Å²) in [6.45, 7) is 2.63. The van der Waals surface area contributed by atoms with E-state index in [1.165, 1.54) is 5.56 Å². The second kappa shape index (κ2) is 10.6. The lowest BCUT2D eigenvalue weighted by Gasteiger charge is -2.07. The normalized spacial score (nSPS) is 10.5. The van der Waals surface area contributed by atoms with Crippen LogP contribution in [0.1, 0.15) is 34.3 Å². The molecule has 0 saturated carbocycles. The summed E-state index contributed by atoms with van der Waals surface area (Å²) in [7, 11) is 0. The second-order valence-corrected chi connectivity index (χ2v) is 5.71. The lowest BCUT2D eigenvalue weighted by molar-refractivity contribution is 0.0948. The lowest BCUT2D eigenvalue weighted by Crippen LogP contribution is -2.24. The predicted octanol–water partition coefficient (Wildman–Crippen LogP) is 2.91. The molecule has 4 heteroatoms. The maximum atomic E-state index is 12.0. The minimum Gasteiger partial charge on any atom is -0.381 e. The fraction of sp³-hybridized carbons (Fsp3) is 0.350. The van der Waals surface area contributed by atoms with Gasteiger partial charge in [-0.1, -0.05) is 42.5 Å². The van der Waals surface area contributed by atoms with Crippen LogP contribution in [0.4, 0.5) is 0 Å². The standard InChI is InChI=1S/C20H26N2O2/c21-16-18-8-10-19(11-9-18)20(23)22-13-4-5-14-24-15-12-17-6-2-1-3-7-17/h1-3,6-11H,4-5,12-16,21H2,(H,22,23). The van der Waals surface area contributed by atoms with Gasteiger partial charge in [0.25, 0.3) is 5.91 Å². The molecule has 2 aromatic rings. The Morgan fingerprint density at radius 3 is 2.38 bits per heavy atom. The van der Waals surface area contributed by atoms with Crippen LogP contribution in [-0.2, 0) is 17.7 Å². The fourth-order valence-corrected chi connectivity index (χ4v) is 2.36. The molecule has 1 amide bonds. The number of carbonyl (C=O) groups is 1. The van der Waals surface area contributed by atoms with Crippen LogP contribution < -0.4 is 11.1 Å². The molecule has 0 aliphatic rings. The van der Waals surface area contributed by atoms with Crippen molar-refractivity contribution in [1.82, 2.24) is 5.32 Å². The number of nitrogens with one attached hydrogen (secondary N) is 1. The average molecular weight is 326 g/mol. The molecule has 2 aromatic carbocycles. The van der Waals surface area contributed by atoms with Gasteiger partial charge in [0.2, 0.25) is 0 Å². The van der Waals surface area contributed by atoms with Gasteiger partial charge in [-0.05, 0) is 42.5 Å². The highest BCUT2D eigenvalue weighted by molar-refractivity contribution is 5.94. The maximum absolute atomic E-state index is 12.0. The van der Waals surface area contributed by atoms with E-state index in [-0.39, 0.29) is 5.91 Å². The Kier molecular flexibility index (Phi) is 8.01. The Bertz CT molecular complexity index is 597. The molecule has 0 atom stereocenters. The molecule has 0 aliphatic carbocycles. The van der Waals surface area contributed by atoms with Gasteiger partial charge in [0.05, 0.1) is 6.61 Å². The molecular weight excluding hydrogens is 300 g/mol. The zero-order valence-corrected chi connectivity index (χ0v) is 14.0. The molecule has 0 saturated heterocycles. The Hall–Kier alpha value is -2.17. The van der Waals surface area contributed by atoms with Crippen LogP contribution in [0.2, 0.25) is 0 Å². The molecule has 4 nitrogen and oxygen atoms in total. The highest BCUT2D eigenvalue weighted by atomic mass is 16.5. The smallest absolute Gasteiger partial charge is 0.251 e. The summed E-state index contributed by atoms with van der Waals surface area (Å²) in [6.07, 6.45) is 2.80. The van der Waals surface area contributed by atoms with Gasteiger partial charge in [-0.3, -0.25) is 4.79 Å². The molecule has 0 fully saturated rings. The van der Waals surface area contributed by atoms with E-state index in [0.717, 1.165) is 38.0 Å². The molecular formula is C20H26N2O2. The molecule has 128 valence electrons. The number of ether oxygens (including phenoxy) is 1. The summed E-state index contributed by atoms with van der Waals surface area (Å²) < 4.78 is 5.63. The molecule has 3 N–H and O–H groups in total. The van der Waals surface area contributed by atoms with Crippen molar-refractivity contribution in [2.75, 3.05) is 19.8 Å². The monoisotopic (exact) mass is 326 g/mol. The quantitative estimate of drug-likeness (QED) is 0.660. The molecule has 0 bridgehead atoms. The van der Waals surface area contributed by atoms with E-state index in [1.54, 1.807) is 0 Å². The number of amides is 1. The third-order valence-electron chi connectivity index (χ3n) is 3.83. The van der Waals surface area contributed by atoms with Crippen molar-refractivity contribution in [2.45, 2.75) is 25.8 Å². The van der Waals surface area contributed by atoms with Gasteiger partial charge < -0.3 is 15.8 Å². The summed E-state index contributed by atoms with van der Waals surface area (Å²) >= 11 is 0. The number of unbranched alkanes of at least 4 members (excludes halogenated alkanes) is 1. The number of rotatable bonds is 10. The first-order valence-electron chi connectivity index (χ1n) is 8.48. The largest absolute Gasteiger partial charge is 0.381 e. The van der Waals surface area contributed by atoms with Gasteiger partial charge in [-0.15, -0.1) is 0 Å². The first-order valence-corrected chi connectivity index (χ1v) is 8.48. The predicted molar refractivity (Wildman–Crippen MR) is 96.9 cm³/mol. The van der Waals surface area contributed by atoms with Crippen LogP contribution >= 0.6 is 0 Å². The van der Waals surface area contributed by atoms with Crippen molar-refractivity contribution in [3.05, 3.63) is 71.3 Å². The number of carbonyl (C=O) groups excluding carboxylic acids is 1. The van der Waals surface area contributed by atoms with Crippen LogP contribution in [0.5, 0.6) is 0 Å². The average Bonchev–Trinajstić information content (AvgIpc) is 2.64. The molecule has 24 heavy (non-hydrogen) atoms. The SMILES string of the molecule is NCc1ccc(C(=O)NCCCCOCCc2ccccc2)cc1. The van der Waals surface area contributed by atoms with Crippen molar-refractivity contribution >= 4 is 5.91 Å². The molecule has 0 aliphatic heterocycles. The molecule has 0 unspecified atom stereocenters. The number of nitrogens with two attached hydrogens (primary N) is 1. The van der Waals surface area contributed by atoms with Crippen molar-refractivity contribution in [1.29, 1.82) is 0 Å². The van der Waals surface area contributed by atoms with Gasteiger partial charge in [0.15, 0.2) is 0 Å². The van der Waals surface area contributed by atoms with Crippen molar-refractivity contribution < 1.29 is 9.53 Å². The third-order valence-corrected chi connectivity index (χ3v) is 3.83. The minimum atomic E-state index is -0.0384. The maximum Gasteiger partial charge on any atom is 0.251 e. The van der Waals surface area contributed by atoms with Crippen LogP contribution in [0.15, 0.2) is 54.6 Å². The van der Waals surface area contributed by atoms with E-state index in [2.05, 4.69) is 17.4 Å². The number of hydrogen-bond donors (Lipinski definition) is 2. The summed E-state index contributed by atoms with van der Waals surface area (Å²) in [6, 6.07) is 17.7. The topological polar surface area (TPSA) is 64.4 Å². The highest BCUT2D eigenvalue weighted by Gasteiger charge is 2.04. The zero-order valence-electron chi connectivity index (χ0n) is 14.0. The minimum absolute atomic E-state index is 0.0384. The first-order chi connectivity index (χ1) is 11.8. The summed E-state index contributed by atoms with van der Waals surface area (Å²) in [5.74, 6) is -0.0384. The summed E-state index contributed by atoms with van der Waals surface area (Å²) in [5.41, 5.74) is 8.54. The van der Waals surface area contributed by atoms with E-state index in [9.17, 15) is 4.79 Å². The van der Waals surface area contributed by atoms with Crippen LogP contribution in [-0.4, -0.2) is 25.7 Å². The van der Waals surface area contributed by atoms with Gasteiger partial charge in [-0.25, -0.2) is 0 Å². The Morgan fingerprint density at radius 2 is 1.67 bits per heavy atom. The first kappa shape index (κ1) is 18.2. The van der Waals surface area contributed by atoms with Crippen molar-refractivity contribution in [2.24, 2.45) is 5.73 Å². The van der Waals surface area contributed by atoms with E-state index >= 15 is 0 Å². The number of hydrogen-bond acceptors (Lipinski definition) is 3. The van der Waals surface area contributed by atoms with Gasteiger partial charge in [0, 0.05) is 25.3 Å². The summed E-state index contributed by atoms with van der Waals surface area (Å²) in [4.78, 5) is 12.0. The molecule has 0 spiro atoms. The lowest BCUT2D eigenvalue weighted by atomic mass is 10.1. The second-order valence-electron chi connectivity index (χ2n) is 5.71. The molecule has 0 heterocycles. The zero-order chi connectivity index (χ0) is 17.0. The van der Waals surface area contributed by atoms with Crippen LogP contribution in [0.25, 0.3) is 0 Å². The van der Waals surface area contributed by atoms with E-state index in [4.69, 9.17) is 10.5 Å². The summed E-state index contributed by atoms with van der Waals surface area (Å²) in [5, 5.41) is 2.93. The third kappa shape index (κ3) is 6.52. The highest BCUT2D eigenvalue weighted by Crippen LogP contribution is 2.04. The van der Waals surface area contributed by atoms with E-state index in [0.29, 0.717) is 18.7 Å². The van der Waals surface area contributed by atoms with Crippen LogP contribution in [0.3, 0.4) is 0 Å². The van der Waals surface area contributed by atoms with Gasteiger partial charge in [-0.2, -0.15) is 0 Å². The Labute approximate surface area is 144 Å². The van der Waals surface area contributed by atoms with Gasteiger partial charge >= 0.3 is 0 Å². The Morgan fingerprint density at radius 1 is 0.917 bits per heavy atom. The van der Waals surface area contributed by atoms with Crippen LogP contribution in [0, 0.1) is 0 Å². The van der Waals surface area contributed by atoms with E-state index < -0.39 is 0 Å². The van der Waals surface area contributed by atoms with E-state index in [1.807, 2.05) is 42.5 Å². The van der Waals surface area contributed by atoms with Gasteiger partial charge in [0.1, 0.15) is 0 Å². The molecule has 2 rings (SSSR count). The van der Waals surface area contributed by atoms with Crippen molar-refractivity contribution in [3.8, 4) is 0 Å². The van der Waals surface area contributed by atoms with Crippen molar-refractivity contribution in [3.63, 3.8) is 0 Å². The Balaban J connectivity index is 1.50.